The maximum atomic E-state index is 6.71. The van der Waals surface area contributed by atoms with Gasteiger partial charge in [-0.2, -0.15) is 0 Å². The molecule has 4 aliphatic rings. The smallest absolute Gasteiger partial charge is 0.188 e. The van der Waals surface area contributed by atoms with Gasteiger partial charge >= 0.3 is 0 Å². The van der Waals surface area contributed by atoms with Gasteiger partial charge in [0.15, 0.2) is 5.72 Å². The van der Waals surface area contributed by atoms with Gasteiger partial charge in [-0.25, -0.2) is 0 Å². The van der Waals surface area contributed by atoms with E-state index in [4.69, 9.17) is 18.9 Å². The second kappa shape index (κ2) is 7.43. The Labute approximate surface area is 179 Å². The highest BCUT2D eigenvalue weighted by atomic mass is 16.6. The molecule has 3 saturated heterocycles. The Morgan fingerprint density at radius 1 is 1.30 bits per heavy atom. The van der Waals surface area contributed by atoms with Crippen LogP contribution in [0, 0.1) is 11.8 Å². The summed E-state index contributed by atoms with van der Waals surface area (Å²) in [4.78, 5) is 2.64. The van der Waals surface area contributed by atoms with Crippen LogP contribution in [0.3, 0.4) is 0 Å². The molecule has 1 aromatic carbocycles. The molecule has 3 fully saturated rings. The first-order valence-corrected chi connectivity index (χ1v) is 11.3. The van der Waals surface area contributed by atoms with Crippen LogP contribution in [0.5, 0.6) is 5.75 Å². The number of benzene rings is 1. The van der Waals surface area contributed by atoms with Crippen LogP contribution in [0.2, 0.25) is 0 Å². The van der Waals surface area contributed by atoms with Crippen LogP contribution < -0.4 is 10.1 Å². The van der Waals surface area contributed by atoms with Crippen molar-refractivity contribution >= 4 is 5.69 Å². The van der Waals surface area contributed by atoms with E-state index in [9.17, 15) is 0 Å². The second-order valence-corrected chi connectivity index (χ2v) is 9.14. The van der Waals surface area contributed by atoms with Gasteiger partial charge in [0.25, 0.3) is 0 Å². The monoisotopic (exact) mass is 414 g/mol. The number of anilines is 1. The van der Waals surface area contributed by atoms with Crippen molar-refractivity contribution in [1.29, 1.82) is 0 Å². The van der Waals surface area contributed by atoms with Crippen LogP contribution in [-0.4, -0.2) is 57.2 Å². The molecule has 0 amide bonds. The summed E-state index contributed by atoms with van der Waals surface area (Å²) in [5.74, 6) is 1.98. The number of piperidine rings is 2. The van der Waals surface area contributed by atoms with Gasteiger partial charge < -0.3 is 24.3 Å². The summed E-state index contributed by atoms with van der Waals surface area (Å²) < 4.78 is 24.6. The summed E-state index contributed by atoms with van der Waals surface area (Å²) in [5.41, 5.74) is 2.42. The van der Waals surface area contributed by atoms with E-state index >= 15 is 0 Å². The van der Waals surface area contributed by atoms with E-state index in [-0.39, 0.29) is 6.04 Å². The van der Waals surface area contributed by atoms with E-state index in [1.807, 2.05) is 18.4 Å². The van der Waals surface area contributed by atoms with Crippen molar-refractivity contribution in [1.82, 2.24) is 4.90 Å². The normalized spacial score (nSPS) is 38.0. The van der Waals surface area contributed by atoms with E-state index in [2.05, 4.69) is 30.1 Å². The van der Waals surface area contributed by atoms with Crippen LogP contribution in [0.25, 0.3) is 0 Å². The third-order valence-corrected chi connectivity index (χ3v) is 7.92. The van der Waals surface area contributed by atoms with E-state index in [1.54, 1.807) is 14.2 Å². The molecule has 0 aliphatic carbocycles. The molecular formula is C24H34N2O4. The lowest BCUT2D eigenvalue weighted by Crippen LogP contribution is -2.75. The van der Waals surface area contributed by atoms with Crippen LogP contribution in [0.15, 0.2) is 30.0 Å². The highest BCUT2D eigenvalue weighted by molar-refractivity contribution is 5.69. The number of fused-ring (bicyclic) bond motifs is 2. The van der Waals surface area contributed by atoms with Crippen molar-refractivity contribution in [3.05, 3.63) is 35.6 Å². The molecule has 6 nitrogen and oxygen atoms in total. The minimum atomic E-state index is -0.592. The number of ether oxygens (including phenoxy) is 4. The van der Waals surface area contributed by atoms with Crippen LogP contribution >= 0.6 is 0 Å². The number of methoxy groups -OCH3 is 2. The fourth-order valence-electron chi connectivity index (χ4n) is 6.64. The highest BCUT2D eigenvalue weighted by Gasteiger charge is 2.70. The van der Waals surface area contributed by atoms with Gasteiger partial charge in [0.1, 0.15) is 11.4 Å². The molecule has 4 heterocycles. The molecule has 0 unspecified atom stereocenters. The third-order valence-electron chi connectivity index (χ3n) is 7.92. The summed E-state index contributed by atoms with van der Waals surface area (Å²) in [5, 5.41) is 3.82. The summed E-state index contributed by atoms with van der Waals surface area (Å²) in [6.45, 7) is 7.81. The Bertz CT molecular complexity index is 842. The Kier molecular flexibility index (Phi) is 4.99. The van der Waals surface area contributed by atoms with Crippen molar-refractivity contribution in [2.75, 3.05) is 45.8 Å². The molecule has 5 atom stereocenters. The fourth-order valence-corrected chi connectivity index (χ4v) is 6.64. The maximum Gasteiger partial charge on any atom is 0.188 e. The zero-order valence-electron chi connectivity index (χ0n) is 18.6. The second-order valence-electron chi connectivity index (χ2n) is 9.14. The Morgan fingerprint density at radius 3 is 2.90 bits per heavy atom. The van der Waals surface area contributed by atoms with E-state index in [0.717, 1.165) is 42.9 Å². The predicted molar refractivity (Wildman–Crippen MR) is 116 cm³/mol. The molecular weight excluding hydrogens is 380 g/mol. The largest absolute Gasteiger partial charge is 0.504 e. The molecule has 30 heavy (non-hydrogen) atoms. The van der Waals surface area contributed by atoms with Gasteiger partial charge in [-0.3, -0.25) is 4.90 Å². The number of hydrogen-bond donors (Lipinski definition) is 1. The number of allylic oxidation sites excluding steroid dienone is 1. The summed E-state index contributed by atoms with van der Waals surface area (Å²) in [6.07, 6.45) is 5.02. The molecule has 164 valence electrons. The number of hydrogen-bond acceptors (Lipinski definition) is 6. The number of rotatable bonds is 4. The Morgan fingerprint density at radius 2 is 2.13 bits per heavy atom. The van der Waals surface area contributed by atoms with Crippen LogP contribution in [-0.2, 0) is 19.8 Å². The average Bonchev–Trinajstić information content (AvgIpc) is 3.10. The number of nitrogens with one attached hydrogen (secondary N) is 1. The van der Waals surface area contributed by atoms with Gasteiger partial charge in [-0.15, -0.1) is 0 Å². The lowest BCUT2D eigenvalue weighted by Gasteiger charge is -2.61. The van der Waals surface area contributed by atoms with Gasteiger partial charge in [0.05, 0.1) is 45.3 Å². The molecule has 6 heteroatoms. The zero-order valence-corrected chi connectivity index (χ0v) is 18.6. The predicted octanol–water partition coefficient (Wildman–Crippen LogP) is 3.73. The van der Waals surface area contributed by atoms with Gasteiger partial charge in [-0.1, -0.05) is 19.4 Å². The van der Waals surface area contributed by atoms with Crippen molar-refractivity contribution in [3.63, 3.8) is 0 Å². The number of nitrogens with zero attached hydrogens (tertiary/aromatic N) is 1. The van der Waals surface area contributed by atoms with Gasteiger partial charge in [-0.05, 0) is 49.3 Å². The lowest BCUT2D eigenvalue weighted by atomic mass is 9.67. The molecule has 0 aromatic heterocycles. The first-order chi connectivity index (χ1) is 14.6. The molecule has 0 spiro atoms. The molecule has 0 radical (unpaired) electrons. The minimum Gasteiger partial charge on any atom is -0.504 e. The molecule has 1 N–H and O–H groups in total. The molecule has 0 bridgehead atoms. The Balaban J connectivity index is 1.60. The fraction of sp³-hybridized carbons (Fsp3) is 0.667. The van der Waals surface area contributed by atoms with Gasteiger partial charge in [0.2, 0.25) is 0 Å². The highest BCUT2D eigenvalue weighted by Crippen LogP contribution is 2.61. The standard InChI is InChI=1S/C24H34N2O4/c1-5-17-14-26-10-9-23-22-19(7-6-8-20(22)28-4)25-24(23,30-12-11-29-23)21(26)13-18(17)16(2)15-27-3/h6-8,15,17-18,21,25H,5,9-14H2,1-4H3/t17-,18-,21+,23+,24+/m1/s1. The Hall–Kier alpha value is -1.76. The molecule has 1 aromatic rings. The zero-order chi connectivity index (χ0) is 20.9. The van der Waals surface area contributed by atoms with Crippen molar-refractivity contribution < 1.29 is 18.9 Å². The summed E-state index contributed by atoms with van der Waals surface area (Å²) in [7, 11) is 3.48. The SMILES string of the molecule is CC[C@@H]1CN2CC[C@@]34OCCO[C@@]3(Nc3cccc(OC)c34)[C@@H]2C[C@@H]1C(C)=COC. The molecule has 5 rings (SSSR count). The quantitative estimate of drug-likeness (QED) is 0.758. The summed E-state index contributed by atoms with van der Waals surface area (Å²) in [6, 6.07) is 6.43. The first-order valence-electron chi connectivity index (χ1n) is 11.3. The van der Waals surface area contributed by atoms with Crippen molar-refractivity contribution in [2.45, 2.75) is 50.5 Å². The first kappa shape index (κ1) is 20.2. The van der Waals surface area contributed by atoms with E-state index in [1.165, 1.54) is 12.0 Å². The average molecular weight is 415 g/mol. The molecule has 0 saturated carbocycles. The molecule has 4 aliphatic heterocycles. The lowest BCUT2D eigenvalue weighted by molar-refractivity contribution is -0.297. The third kappa shape index (κ3) is 2.60. The minimum absolute atomic E-state index is 0.219. The van der Waals surface area contributed by atoms with Crippen LogP contribution in [0.4, 0.5) is 5.69 Å². The maximum absolute atomic E-state index is 6.71. The van der Waals surface area contributed by atoms with Crippen molar-refractivity contribution in [2.24, 2.45) is 11.8 Å². The van der Waals surface area contributed by atoms with Crippen molar-refractivity contribution in [3.8, 4) is 5.75 Å². The van der Waals surface area contributed by atoms with E-state index < -0.39 is 11.3 Å². The van der Waals surface area contributed by atoms with E-state index in [0.29, 0.717) is 25.0 Å². The van der Waals surface area contributed by atoms with Gasteiger partial charge in [0, 0.05) is 18.8 Å². The van der Waals surface area contributed by atoms with Crippen LogP contribution in [0.1, 0.15) is 38.7 Å². The summed E-state index contributed by atoms with van der Waals surface area (Å²) >= 11 is 0. The topological polar surface area (TPSA) is 52.2 Å².